The van der Waals surface area contributed by atoms with Crippen LogP contribution in [-0.4, -0.2) is 43.7 Å². The predicted molar refractivity (Wildman–Crippen MR) is 85.9 cm³/mol. The topological polar surface area (TPSA) is 63.4 Å². The first kappa shape index (κ1) is 14.7. The third-order valence-electron chi connectivity index (χ3n) is 4.29. The minimum absolute atomic E-state index is 0.0892. The summed E-state index contributed by atoms with van der Waals surface area (Å²) in [5.41, 5.74) is 2.37. The summed E-state index contributed by atoms with van der Waals surface area (Å²) in [5, 5.41) is 12.3. The van der Waals surface area contributed by atoms with Gasteiger partial charge in [0.15, 0.2) is 5.65 Å². The highest BCUT2D eigenvalue weighted by Crippen LogP contribution is 2.25. The molecule has 1 fully saturated rings. The van der Waals surface area contributed by atoms with Crippen molar-refractivity contribution < 1.29 is 9.18 Å². The fourth-order valence-electron chi connectivity index (χ4n) is 3.03. The summed E-state index contributed by atoms with van der Waals surface area (Å²) >= 11 is 0. The van der Waals surface area contributed by atoms with Crippen LogP contribution in [0.25, 0.3) is 16.8 Å². The van der Waals surface area contributed by atoms with E-state index in [9.17, 15) is 9.18 Å². The number of likely N-dealkylation sites (tertiary alicyclic amines) is 1. The van der Waals surface area contributed by atoms with Crippen molar-refractivity contribution in [3.05, 3.63) is 48.2 Å². The number of benzene rings is 1. The van der Waals surface area contributed by atoms with E-state index in [1.807, 2.05) is 4.90 Å². The number of halogens is 1. The monoisotopic (exact) mass is 325 g/mol. The molecule has 0 spiro atoms. The molecule has 0 radical (unpaired) electrons. The highest BCUT2D eigenvalue weighted by molar-refractivity contribution is 5.94. The smallest absolute Gasteiger partial charge is 0.274 e. The zero-order chi connectivity index (χ0) is 16.5. The molecule has 24 heavy (non-hydrogen) atoms. The van der Waals surface area contributed by atoms with Gasteiger partial charge in [0.05, 0.1) is 0 Å². The van der Waals surface area contributed by atoms with Crippen molar-refractivity contribution in [1.29, 1.82) is 0 Å². The average molecular weight is 325 g/mol. The quantitative estimate of drug-likeness (QED) is 0.726. The average Bonchev–Trinajstić information content (AvgIpc) is 3.10. The molecule has 4 rings (SSSR count). The molecule has 7 heteroatoms. The molecule has 1 amide bonds. The van der Waals surface area contributed by atoms with Crippen molar-refractivity contribution in [1.82, 2.24) is 24.7 Å². The van der Waals surface area contributed by atoms with E-state index in [1.54, 1.807) is 18.2 Å². The number of carbonyl (C=O) groups excluding carboxylic acids is 1. The van der Waals surface area contributed by atoms with Crippen LogP contribution in [0.2, 0.25) is 0 Å². The summed E-state index contributed by atoms with van der Waals surface area (Å²) in [6.07, 6.45) is 4.66. The first-order valence-corrected chi connectivity index (χ1v) is 7.99. The molecule has 1 aliphatic rings. The minimum Gasteiger partial charge on any atom is -0.337 e. The molecule has 1 aromatic carbocycles. The molecule has 0 N–H and O–H groups in total. The number of carbonyl (C=O) groups is 1. The van der Waals surface area contributed by atoms with Gasteiger partial charge < -0.3 is 4.90 Å². The molecule has 1 aliphatic heterocycles. The lowest BCUT2D eigenvalue weighted by molar-refractivity contribution is 0.0717. The van der Waals surface area contributed by atoms with Gasteiger partial charge in [0.25, 0.3) is 5.91 Å². The molecule has 3 aromatic rings. The van der Waals surface area contributed by atoms with Crippen molar-refractivity contribution in [3.8, 4) is 11.1 Å². The number of nitrogens with zero attached hydrogens (tertiary/aromatic N) is 5. The summed E-state index contributed by atoms with van der Waals surface area (Å²) in [5.74, 6) is -0.399. The van der Waals surface area contributed by atoms with Crippen LogP contribution in [0.15, 0.2) is 36.7 Å². The van der Waals surface area contributed by atoms with Gasteiger partial charge in [-0.3, -0.25) is 4.79 Å². The van der Waals surface area contributed by atoms with Crippen LogP contribution in [0.5, 0.6) is 0 Å². The van der Waals surface area contributed by atoms with Gasteiger partial charge in [-0.05, 0) is 43.0 Å². The van der Waals surface area contributed by atoms with Crippen LogP contribution in [0, 0.1) is 5.82 Å². The number of hydrogen-bond donors (Lipinski definition) is 0. The van der Waals surface area contributed by atoms with Gasteiger partial charge in [-0.25, -0.2) is 4.39 Å². The molecular weight excluding hydrogens is 309 g/mol. The van der Waals surface area contributed by atoms with Crippen LogP contribution in [-0.2, 0) is 0 Å². The highest BCUT2D eigenvalue weighted by atomic mass is 19.1. The second-order valence-corrected chi connectivity index (χ2v) is 5.90. The van der Waals surface area contributed by atoms with E-state index >= 15 is 0 Å². The van der Waals surface area contributed by atoms with Gasteiger partial charge in [-0.2, -0.15) is 9.61 Å². The summed E-state index contributed by atoms with van der Waals surface area (Å²) in [6, 6.07) is 7.81. The van der Waals surface area contributed by atoms with Gasteiger partial charge in [-0.15, -0.1) is 10.2 Å². The molecule has 1 saturated heterocycles. The van der Waals surface area contributed by atoms with E-state index in [0.717, 1.165) is 37.9 Å². The maximum absolute atomic E-state index is 13.2. The van der Waals surface area contributed by atoms with Gasteiger partial charge in [-0.1, -0.05) is 12.1 Å². The highest BCUT2D eigenvalue weighted by Gasteiger charge is 2.21. The lowest BCUT2D eigenvalue weighted by atomic mass is 10.1. The lowest BCUT2D eigenvalue weighted by Crippen LogP contribution is -2.36. The Bertz CT molecular complexity index is 884. The number of hydrogen-bond acceptors (Lipinski definition) is 4. The molecule has 122 valence electrons. The Morgan fingerprint density at radius 2 is 1.83 bits per heavy atom. The molecule has 0 atom stereocenters. The number of aromatic nitrogens is 4. The molecular formula is C17H16FN5O. The first-order chi connectivity index (χ1) is 11.7. The molecule has 3 heterocycles. The summed E-state index contributed by atoms with van der Waals surface area (Å²) in [6.45, 7) is 1.51. The van der Waals surface area contributed by atoms with Gasteiger partial charge >= 0.3 is 0 Å². The summed E-state index contributed by atoms with van der Waals surface area (Å²) in [7, 11) is 0. The van der Waals surface area contributed by atoms with E-state index in [2.05, 4.69) is 15.3 Å². The van der Waals surface area contributed by atoms with E-state index in [4.69, 9.17) is 0 Å². The Morgan fingerprint density at radius 1 is 1.08 bits per heavy atom. The number of rotatable bonds is 2. The third kappa shape index (κ3) is 2.62. The standard InChI is InChI=1S/C17H16FN5O/c18-13-6-4-12(5-7-13)14-10-15(21-23-11-19-20-16(14)23)17(24)22-8-2-1-3-9-22/h4-7,10-11H,1-3,8-9H2. The maximum atomic E-state index is 13.2. The van der Waals surface area contributed by atoms with Crippen molar-refractivity contribution in [2.75, 3.05) is 13.1 Å². The molecule has 6 nitrogen and oxygen atoms in total. The fraction of sp³-hybridized carbons (Fsp3) is 0.294. The van der Waals surface area contributed by atoms with Crippen molar-refractivity contribution >= 4 is 11.6 Å². The Labute approximate surface area is 137 Å². The SMILES string of the molecule is O=C(c1cc(-c2ccc(F)cc2)c2nncn2n1)N1CCCCC1. The van der Waals surface area contributed by atoms with Crippen LogP contribution in [0.1, 0.15) is 29.8 Å². The predicted octanol–water partition coefficient (Wildman–Crippen LogP) is 2.56. The van der Waals surface area contributed by atoms with Crippen LogP contribution < -0.4 is 0 Å². The Hall–Kier alpha value is -2.83. The zero-order valence-electron chi connectivity index (χ0n) is 13.0. The third-order valence-corrected chi connectivity index (χ3v) is 4.29. The molecule has 0 aliphatic carbocycles. The Kier molecular flexibility index (Phi) is 3.68. The van der Waals surface area contributed by atoms with E-state index in [0.29, 0.717) is 16.9 Å². The number of piperidine rings is 1. The van der Waals surface area contributed by atoms with Gasteiger partial charge in [0.2, 0.25) is 0 Å². The molecule has 0 saturated carbocycles. The van der Waals surface area contributed by atoms with Gasteiger partial charge in [0.1, 0.15) is 17.8 Å². The zero-order valence-corrected chi connectivity index (χ0v) is 13.0. The van der Waals surface area contributed by atoms with Crippen molar-refractivity contribution in [2.45, 2.75) is 19.3 Å². The fourth-order valence-corrected chi connectivity index (χ4v) is 3.03. The summed E-state index contributed by atoms with van der Waals surface area (Å²) in [4.78, 5) is 14.6. The van der Waals surface area contributed by atoms with Crippen LogP contribution in [0.4, 0.5) is 4.39 Å². The lowest BCUT2D eigenvalue weighted by Gasteiger charge is -2.26. The first-order valence-electron chi connectivity index (χ1n) is 7.99. The van der Waals surface area contributed by atoms with Crippen molar-refractivity contribution in [2.24, 2.45) is 0 Å². The maximum Gasteiger partial charge on any atom is 0.274 e. The second kappa shape index (κ2) is 5.99. The van der Waals surface area contributed by atoms with Crippen molar-refractivity contribution in [3.63, 3.8) is 0 Å². The minimum atomic E-state index is -0.310. The van der Waals surface area contributed by atoms with E-state index in [1.165, 1.54) is 23.0 Å². The van der Waals surface area contributed by atoms with Crippen LogP contribution >= 0.6 is 0 Å². The Balaban J connectivity index is 1.80. The number of amides is 1. The largest absolute Gasteiger partial charge is 0.337 e. The normalized spacial score (nSPS) is 15.0. The Morgan fingerprint density at radius 3 is 2.58 bits per heavy atom. The van der Waals surface area contributed by atoms with Gasteiger partial charge in [0, 0.05) is 18.7 Å². The molecule has 2 aromatic heterocycles. The number of fused-ring (bicyclic) bond motifs is 1. The second-order valence-electron chi connectivity index (χ2n) is 5.90. The molecule has 0 unspecified atom stereocenters. The molecule has 0 bridgehead atoms. The van der Waals surface area contributed by atoms with E-state index < -0.39 is 0 Å². The summed E-state index contributed by atoms with van der Waals surface area (Å²) < 4.78 is 14.7. The van der Waals surface area contributed by atoms with E-state index in [-0.39, 0.29) is 11.7 Å². The van der Waals surface area contributed by atoms with Crippen LogP contribution in [0.3, 0.4) is 0 Å².